The molecule has 1 aromatic heterocycles. The van der Waals surface area contributed by atoms with Gasteiger partial charge in [-0.2, -0.15) is 0 Å². The maximum absolute atomic E-state index is 5.65. The van der Waals surface area contributed by atoms with Crippen LogP contribution in [0.5, 0.6) is 0 Å². The molecule has 3 nitrogen and oxygen atoms in total. The summed E-state index contributed by atoms with van der Waals surface area (Å²) in [4.78, 5) is 4.60. The molecule has 1 atom stereocenters. The predicted molar refractivity (Wildman–Crippen MR) is 78.5 cm³/mol. The van der Waals surface area contributed by atoms with Gasteiger partial charge in [-0.25, -0.2) is 4.98 Å². The Morgan fingerprint density at radius 1 is 1.42 bits per heavy atom. The molecule has 1 aliphatic carbocycles. The minimum Gasteiger partial charge on any atom is -0.377 e. The highest BCUT2D eigenvalue weighted by Gasteiger charge is 2.20. The highest BCUT2D eigenvalue weighted by Crippen LogP contribution is 2.25. The highest BCUT2D eigenvalue weighted by atomic mass is 32.2. The summed E-state index contributed by atoms with van der Waals surface area (Å²) < 4.78 is 5.65. The SMILES string of the molecule is Cc1cc(CNC2CC2)cnc1SCC1CCCO1. The first-order valence-electron chi connectivity index (χ1n) is 7.24. The van der Waals surface area contributed by atoms with Crippen molar-refractivity contribution in [3.05, 3.63) is 23.4 Å². The van der Waals surface area contributed by atoms with Crippen LogP contribution in [0.3, 0.4) is 0 Å². The van der Waals surface area contributed by atoms with Crippen molar-refractivity contribution in [2.45, 2.75) is 56.3 Å². The second-order valence-electron chi connectivity index (χ2n) is 5.57. The molecule has 2 fully saturated rings. The van der Waals surface area contributed by atoms with Crippen LogP contribution in [0.1, 0.15) is 36.8 Å². The van der Waals surface area contributed by atoms with Gasteiger partial charge in [0.15, 0.2) is 0 Å². The molecule has 0 bridgehead atoms. The zero-order chi connectivity index (χ0) is 13.1. The van der Waals surface area contributed by atoms with Crippen molar-refractivity contribution in [3.8, 4) is 0 Å². The number of aromatic nitrogens is 1. The van der Waals surface area contributed by atoms with E-state index in [1.807, 2.05) is 18.0 Å². The number of nitrogens with one attached hydrogen (secondary N) is 1. The molecule has 0 aromatic carbocycles. The van der Waals surface area contributed by atoms with E-state index >= 15 is 0 Å². The Balaban J connectivity index is 1.52. The van der Waals surface area contributed by atoms with Gasteiger partial charge in [0.1, 0.15) is 0 Å². The molecule has 1 unspecified atom stereocenters. The molecule has 3 rings (SSSR count). The fourth-order valence-electron chi connectivity index (χ4n) is 2.37. The molecule has 0 amide bonds. The van der Waals surface area contributed by atoms with Crippen molar-refractivity contribution in [2.24, 2.45) is 0 Å². The zero-order valence-electron chi connectivity index (χ0n) is 11.5. The number of rotatable bonds is 6. The number of thioether (sulfide) groups is 1. The van der Waals surface area contributed by atoms with Crippen molar-refractivity contribution in [1.29, 1.82) is 0 Å². The molecule has 1 N–H and O–H groups in total. The first-order valence-corrected chi connectivity index (χ1v) is 8.23. The third kappa shape index (κ3) is 3.94. The minimum atomic E-state index is 0.433. The average molecular weight is 278 g/mol. The van der Waals surface area contributed by atoms with Gasteiger partial charge in [-0.15, -0.1) is 11.8 Å². The smallest absolute Gasteiger partial charge is 0.0990 e. The monoisotopic (exact) mass is 278 g/mol. The summed E-state index contributed by atoms with van der Waals surface area (Å²) in [7, 11) is 0. The predicted octanol–water partition coefficient (Wildman–Crippen LogP) is 2.91. The maximum Gasteiger partial charge on any atom is 0.0990 e. The van der Waals surface area contributed by atoms with E-state index in [0.717, 1.165) is 30.0 Å². The Morgan fingerprint density at radius 2 is 2.32 bits per heavy atom. The zero-order valence-corrected chi connectivity index (χ0v) is 12.3. The van der Waals surface area contributed by atoms with Gasteiger partial charge in [0.05, 0.1) is 11.1 Å². The highest BCUT2D eigenvalue weighted by molar-refractivity contribution is 7.99. The summed E-state index contributed by atoms with van der Waals surface area (Å²) in [5.41, 5.74) is 2.59. The Hall–Kier alpha value is -0.580. The molecule has 2 aliphatic rings. The minimum absolute atomic E-state index is 0.433. The summed E-state index contributed by atoms with van der Waals surface area (Å²) in [5, 5.41) is 4.69. The molecule has 19 heavy (non-hydrogen) atoms. The lowest BCUT2D eigenvalue weighted by atomic mass is 10.2. The Morgan fingerprint density at radius 3 is 3.00 bits per heavy atom. The van der Waals surface area contributed by atoms with E-state index in [2.05, 4.69) is 23.3 Å². The van der Waals surface area contributed by atoms with E-state index in [1.54, 1.807) is 0 Å². The Bertz CT molecular complexity index is 428. The maximum atomic E-state index is 5.65. The van der Waals surface area contributed by atoms with Crippen molar-refractivity contribution in [2.75, 3.05) is 12.4 Å². The van der Waals surface area contributed by atoms with Crippen LogP contribution in [-0.2, 0) is 11.3 Å². The number of hydrogen-bond donors (Lipinski definition) is 1. The number of ether oxygens (including phenoxy) is 1. The van der Waals surface area contributed by atoms with Crippen LogP contribution >= 0.6 is 11.8 Å². The number of aryl methyl sites for hydroxylation is 1. The second-order valence-corrected chi connectivity index (χ2v) is 6.58. The normalized spacial score (nSPS) is 22.9. The Labute approximate surface area is 119 Å². The van der Waals surface area contributed by atoms with Gasteiger partial charge in [-0.3, -0.25) is 0 Å². The third-order valence-corrected chi connectivity index (χ3v) is 4.93. The van der Waals surface area contributed by atoms with Crippen LogP contribution in [0.15, 0.2) is 17.3 Å². The molecule has 1 saturated carbocycles. The molecule has 1 saturated heterocycles. The third-order valence-electron chi connectivity index (χ3n) is 3.69. The largest absolute Gasteiger partial charge is 0.377 e. The summed E-state index contributed by atoms with van der Waals surface area (Å²) >= 11 is 1.83. The van der Waals surface area contributed by atoms with Gasteiger partial charge in [0, 0.05) is 31.1 Å². The summed E-state index contributed by atoms with van der Waals surface area (Å²) in [6.07, 6.45) is 7.53. The van der Waals surface area contributed by atoms with E-state index < -0.39 is 0 Å². The van der Waals surface area contributed by atoms with E-state index in [1.165, 1.54) is 36.8 Å². The molecule has 1 aliphatic heterocycles. The van der Waals surface area contributed by atoms with Crippen molar-refractivity contribution >= 4 is 11.8 Å². The van der Waals surface area contributed by atoms with E-state index in [0.29, 0.717) is 6.10 Å². The van der Waals surface area contributed by atoms with Gasteiger partial charge in [-0.1, -0.05) is 6.07 Å². The molecular weight excluding hydrogens is 256 g/mol. The van der Waals surface area contributed by atoms with Crippen LogP contribution in [0.2, 0.25) is 0 Å². The summed E-state index contributed by atoms with van der Waals surface area (Å²) in [5.74, 6) is 1.04. The standard InChI is InChI=1S/C15H22N2OS/c1-11-7-12(8-16-13-4-5-13)9-17-15(11)19-10-14-3-2-6-18-14/h7,9,13-14,16H,2-6,8,10H2,1H3. The molecule has 104 valence electrons. The molecule has 4 heteroatoms. The van der Waals surface area contributed by atoms with E-state index in [4.69, 9.17) is 4.74 Å². The summed E-state index contributed by atoms with van der Waals surface area (Å²) in [6.45, 7) is 4.05. The lowest BCUT2D eigenvalue weighted by Gasteiger charge is -2.11. The number of hydrogen-bond acceptors (Lipinski definition) is 4. The number of nitrogens with zero attached hydrogens (tertiary/aromatic N) is 1. The quantitative estimate of drug-likeness (QED) is 0.811. The van der Waals surface area contributed by atoms with Crippen molar-refractivity contribution in [1.82, 2.24) is 10.3 Å². The van der Waals surface area contributed by atoms with Gasteiger partial charge in [0.2, 0.25) is 0 Å². The number of pyridine rings is 1. The van der Waals surface area contributed by atoms with Crippen LogP contribution < -0.4 is 5.32 Å². The first-order chi connectivity index (χ1) is 9.31. The van der Waals surface area contributed by atoms with Crippen molar-refractivity contribution < 1.29 is 4.74 Å². The van der Waals surface area contributed by atoms with Gasteiger partial charge in [0.25, 0.3) is 0 Å². The molecule has 2 heterocycles. The molecule has 0 radical (unpaired) electrons. The summed E-state index contributed by atoms with van der Waals surface area (Å²) in [6, 6.07) is 3.02. The topological polar surface area (TPSA) is 34.2 Å². The molecular formula is C15H22N2OS. The van der Waals surface area contributed by atoms with Gasteiger partial charge < -0.3 is 10.1 Å². The van der Waals surface area contributed by atoms with E-state index in [9.17, 15) is 0 Å². The van der Waals surface area contributed by atoms with Gasteiger partial charge in [-0.05, 0) is 43.7 Å². The fraction of sp³-hybridized carbons (Fsp3) is 0.667. The first kappa shape index (κ1) is 13.4. The molecule has 1 aromatic rings. The van der Waals surface area contributed by atoms with Crippen LogP contribution in [0.25, 0.3) is 0 Å². The second kappa shape index (κ2) is 6.25. The van der Waals surface area contributed by atoms with Crippen LogP contribution in [0, 0.1) is 6.92 Å². The van der Waals surface area contributed by atoms with Crippen molar-refractivity contribution in [3.63, 3.8) is 0 Å². The van der Waals surface area contributed by atoms with E-state index in [-0.39, 0.29) is 0 Å². The van der Waals surface area contributed by atoms with Crippen LogP contribution in [-0.4, -0.2) is 29.5 Å². The lowest BCUT2D eigenvalue weighted by Crippen LogP contribution is -2.15. The molecule has 0 spiro atoms. The average Bonchev–Trinajstić information content (AvgIpc) is 3.10. The fourth-order valence-corrected chi connectivity index (χ4v) is 3.39. The lowest BCUT2D eigenvalue weighted by molar-refractivity contribution is 0.129. The van der Waals surface area contributed by atoms with Crippen LogP contribution in [0.4, 0.5) is 0 Å². The Kier molecular flexibility index (Phi) is 4.41. The van der Waals surface area contributed by atoms with Gasteiger partial charge >= 0.3 is 0 Å².